The number of aromatic nitrogens is 3. The molecule has 142 valence electrons. The molecule has 0 spiro atoms. The van der Waals surface area contributed by atoms with Gasteiger partial charge in [-0.2, -0.15) is 0 Å². The summed E-state index contributed by atoms with van der Waals surface area (Å²) in [4.78, 5) is 20.6. The second-order valence-corrected chi connectivity index (χ2v) is 7.15. The molecule has 0 N–H and O–H groups in total. The number of likely N-dealkylation sites (tertiary alicyclic amines) is 1. The van der Waals surface area contributed by atoms with Gasteiger partial charge in [-0.05, 0) is 55.4 Å². The van der Waals surface area contributed by atoms with E-state index < -0.39 is 0 Å². The van der Waals surface area contributed by atoms with E-state index in [1.54, 1.807) is 6.07 Å². The number of pyridine rings is 1. The van der Waals surface area contributed by atoms with Crippen LogP contribution in [0.1, 0.15) is 37.2 Å². The van der Waals surface area contributed by atoms with Crippen LogP contribution in [0.2, 0.25) is 0 Å². The van der Waals surface area contributed by atoms with E-state index in [-0.39, 0.29) is 12.5 Å². The number of amides is 1. The van der Waals surface area contributed by atoms with Crippen molar-refractivity contribution in [3.63, 3.8) is 0 Å². The summed E-state index contributed by atoms with van der Waals surface area (Å²) >= 11 is 0. The lowest BCUT2D eigenvalue weighted by Crippen LogP contribution is -2.40. The van der Waals surface area contributed by atoms with Crippen molar-refractivity contribution in [2.24, 2.45) is 0 Å². The maximum Gasteiger partial charge on any atom is 0.260 e. The van der Waals surface area contributed by atoms with Crippen LogP contribution in [0.25, 0.3) is 0 Å². The molecule has 2 aliphatic rings. The van der Waals surface area contributed by atoms with Crippen LogP contribution in [0, 0.1) is 0 Å². The van der Waals surface area contributed by atoms with E-state index in [9.17, 15) is 4.79 Å². The van der Waals surface area contributed by atoms with Gasteiger partial charge in [-0.1, -0.05) is 0 Å². The van der Waals surface area contributed by atoms with Crippen LogP contribution >= 0.6 is 0 Å². The van der Waals surface area contributed by atoms with Gasteiger partial charge in [0.25, 0.3) is 5.91 Å². The maximum atomic E-state index is 12.4. The second kappa shape index (κ2) is 8.33. The van der Waals surface area contributed by atoms with Crippen molar-refractivity contribution in [3.05, 3.63) is 42.2 Å². The van der Waals surface area contributed by atoms with Crippen LogP contribution in [-0.4, -0.2) is 58.8 Å². The van der Waals surface area contributed by atoms with Crippen LogP contribution in [0.5, 0.6) is 5.88 Å². The summed E-state index contributed by atoms with van der Waals surface area (Å²) in [6.45, 7) is 3.59. The zero-order chi connectivity index (χ0) is 18.5. The highest BCUT2D eigenvalue weighted by atomic mass is 16.5. The molecule has 1 amide bonds. The summed E-state index contributed by atoms with van der Waals surface area (Å²) in [7, 11) is 0. The molecule has 0 radical (unpaired) electrons. The number of piperidine rings is 1. The summed E-state index contributed by atoms with van der Waals surface area (Å²) in [6.07, 6.45) is 8.01. The molecule has 27 heavy (non-hydrogen) atoms. The molecule has 0 aliphatic carbocycles. The highest BCUT2D eigenvalue weighted by Gasteiger charge is 2.24. The minimum atomic E-state index is 0.00796. The molecule has 0 saturated carbocycles. The van der Waals surface area contributed by atoms with Crippen molar-refractivity contribution in [2.45, 2.75) is 31.6 Å². The SMILES string of the molecule is O=C(COc1ccc(N2CCCC2)nn1)N1CCC(c2ccncc2)CC1. The van der Waals surface area contributed by atoms with E-state index in [0.717, 1.165) is 44.8 Å². The third-order valence-electron chi connectivity index (χ3n) is 5.42. The first-order valence-corrected chi connectivity index (χ1v) is 9.69. The number of ether oxygens (including phenoxy) is 1. The number of hydrogen-bond donors (Lipinski definition) is 0. The van der Waals surface area contributed by atoms with E-state index in [4.69, 9.17) is 4.74 Å². The smallest absolute Gasteiger partial charge is 0.260 e. The molecule has 7 heteroatoms. The number of carbonyl (C=O) groups excluding carboxylic acids is 1. The number of rotatable bonds is 5. The fourth-order valence-electron chi connectivity index (χ4n) is 3.83. The van der Waals surface area contributed by atoms with E-state index in [1.807, 2.05) is 23.4 Å². The fraction of sp³-hybridized carbons (Fsp3) is 0.500. The molecule has 2 saturated heterocycles. The zero-order valence-electron chi connectivity index (χ0n) is 15.5. The molecule has 0 aromatic carbocycles. The van der Waals surface area contributed by atoms with Gasteiger partial charge < -0.3 is 14.5 Å². The molecule has 0 atom stereocenters. The third kappa shape index (κ3) is 4.35. The van der Waals surface area contributed by atoms with Gasteiger partial charge in [0.2, 0.25) is 5.88 Å². The molecule has 2 aliphatic heterocycles. The Labute approximate surface area is 159 Å². The molecule has 2 aromatic heterocycles. The molecule has 4 heterocycles. The van der Waals surface area contributed by atoms with Gasteiger partial charge in [-0.3, -0.25) is 9.78 Å². The van der Waals surface area contributed by atoms with Crippen LogP contribution < -0.4 is 9.64 Å². The van der Waals surface area contributed by atoms with Crippen molar-refractivity contribution in [3.8, 4) is 5.88 Å². The van der Waals surface area contributed by atoms with E-state index in [1.165, 1.54) is 18.4 Å². The van der Waals surface area contributed by atoms with Crippen LogP contribution in [0.4, 0.5) is 5.82 Å². The summed E-state index contributed by atoms with van der Waals surface area (Å²) in [6, 6.07) is 7.84. The van der Waals surface area contributed by atoms with Gasteiger partial charge in [0.05, 0.1) is 0 Å². The van der Waals surface area contributed by atoms with E-state index in [0.29, 0.717) is 11.8 Å². The number of hydrogen-bond acceptors (Lipinski definition) is 6. The van der Waals surface area contributed by atoms with Gasteiger partial charge >= 0.3 is 0 Å². The third-order valence-corrected chi connectivity index (χ3v) is 5.42. The summed E-state index contributed by atoms with van der Waals surface area (Å²) in [5.74, 6) is 1.79. The molecular weight excluding hydrogens is 342 g/mol. The van der Waals surface area contributed by atoms with Gasteiger partial charge in [0.15, 0.2) is 12.4 Å². The zero-order valence-corrected chi connectivity index (χ0v) is 15.5. The Morgan fingerprint density at radius 1 is 1.00 bits per heavy atom. The Balaban J connectivity index is 1.24. The van der Waals surface area contributed by atoms with Crippen LogP contribution in [-0.2, 0) is 4.79 Å². The van der Waals surface area contributed by atoms with E-state index in [2.05, 4.69) is 32.2 Å². The molecule has 0 bridgehead atoms. The average Bonchev–Trinajstić information content (AvgIpc) is 3.28. The van der Waals surface area contributed by atoms with Crippen LogP contribution in [0.15, 0.2) is 36.7 Å². The highest BCUT2D eigenvalue weighted by Crippen LogP contribution is 2.27. The fourth-order valence-corrected chi connectivity index (χ4v) is 3.83. The van der Waals surface area contributed by atoms with Gasteiger partial charge in [0, 0.05) is 44.6 Å². The Kier molecular flexibility index (Phi) is 5.46. The quantitative estimate of drug-likeness (QED) is 0.807. The van der Waals surface area contributed by atoms with Crippen LogP contribution in [0.3, 0.4) is 0 Å². The Bertz CT molecular complexity index is 739. The van der Waals surface area contributed by atoms with Crippen molar-refractivity contribution >= 4 is 11.7 Å². The maximum absolute atomic E-state index is 12.4. The molecular formula is C20H25N5O2. The summed E-state index contributed by atoms with van der Waals surface area (Å²) in [5, 5.41) is 8.32. The summed E-state index contributed by atoms with van der Waals surface area (Å²) < 4.78 is 5.56. The minimum Gasteiger partial charge on any atom is -0.466 e. The lowest BCUT2D eigenvalue weighted by Gasteiger charge is -2.32. The van der Waals surface area contributed by atoms with Gasteiger partial charge in [-0.25, -0.2) is 0 Å². The Morgan fingerprint density at radius 3 is 2.41 bits per heavy atom. The summed E-state index contributed by atoms with van der Waals surface area (Å²) in [5.41, 5.74) is 1.31. The first-order valence-electron chi connectivity index (χ1n) is 9.69. The van der Waals surface area contributed by atoms with Crippen molar-refractivity contribution in [1.29, 1.82) is 0 Å². The highest BCUT2D eigenvalue weighted by molar-refractivity contribution is 5.77. The van der Waals surface area contributed by atoms with E-state index >= 15 is 0 Å². The standard InChI is InChI=1S/C20H25N5O2/c26-20(25-13-7-17(8-14-25)16-5-9-21-10-6-16)15-27-19-4-3-18(22-23-19)24-11-1-2-12-24/h3-6,9-10,17H,1-2,7-8,11-15H2. The largest absolute Gasteiger partial charge is 0.466 e. The minimum absolute atomic E-state index is 0.00796. The van der Waals surface area contributed by atoms with Gasteiger partial charge in [-0.15, -0.1) is 10.2 Å². The molecule has 2 fully saturated rings. The lowest BCUT2D eigenvalue weighted by atomic mass is 9.90. The molecule has 4 rings (SSSR count). The average molecular weight is 367 g/mol. The second-order valence-electron chi connectivity index (χ2n) is 7.15. The topological polar surface area (TPSA) is 71.5 Å². The predicted octanol–water partition coefficient (Wildman–Crippen LogP) is 2.26. The van der Waals surface area contributed by atoms with Gasteiger partial charge in [0.1, 0.15) is 0 Å². The lowest BCUT2D eigenvalue weighted by molar-refractivity contribution is -0.134. The normalized spacial score (nSPS) is 17.9. The first kappa shape index (κ1) is 17.7. The van der Waals surface area contributed by atoms with Crippen molar-refractivity contribution in [1.82, 2.24) is 20.1 Å². The van der Waals surface area contributed by atoms with Crippen molar-refractivity contribution < 1.29 is 9.53 Å². The monoisotopic (exact) mass is 367 g/mol. The first-order chi connectivity index (χ1) is 13.3. The Morgan fingerprint density at radius 2 is 1.74 bits per heavy atom. The molecule has 2 aromatic rings. The number of nitrogens with zero attached hydrogens (tertiary/aromatic N) is 5. The van der Waals surface area contributed by atoms with Crippen molar-refractivity contribution in [2.75, 3.05) is 37.7 Å². The Hall–Kier alpha value is -2.70. The number of anilines is 1. The molecule has 0 unspecified atom stereocenters. The number of carbonyl (C=O) groups is 1. The molecule has 7 nitrogen and oxygen atoms in total. The predicted molar refractivity (Wildman–Crippen MR) is 102 cm³/mol.